The Kier molecular flexibility index (Phi) is 5.90. The highest BCUT2D eigenvalue weighted by atomic mass is 32.1. The molecule has 0 saturated heterocycles. The number of carbonyl (C=O) groups is 2. The van der Waals surface area contributed by atoms with Gasteiger partial charge in [0.25, 0.3) is 5.91 Å². The Morgan fingerprint density at radius 2 is 1.56 bits per heavy atom. The molecule has 3 amide bonds. The molecule has 0 fully saturated rings. The fraction of sp³-hybridized carbons (Fsp3) is 0.300. The molecular weight excluding hydrogens is 332 g/mol. The maximum Gasteiger partial charge on any atom is 0.334 e. The van der Waals surface area contributed by atoms with E-state index in [1.807, 2.05) is 43.3 Å². The van der Waals surface area contributed by atoms with Gasteiger partial charge in [-0.25, -0.2) is 9.10 Å². The Morgan fingerprint density at radius 1 is 1.00 bits per heavy atom. The first-order valence-electron chi connectivity index (χ1n) is 8.16. The average molecular weight is 356 g/mol. The average Bonchev–Trinajstić information content (AvgIpc) is 2.59. The standard InChI is InChI=1S/C20H24N2O2S/c1-14-5-7-15(8-6-14)13-21-19(24)22(25)18(23)16-9-11-17(12-10-16)20(2,3)4/h5-12,25H,13H2,1-4H3,(H,21,24). The van der Waals surface area contributed by atoms with E-state index in [9.17, 15) is 9.59 Å². The predicted molar refractivity (Wildman–Crippen MR) is 104 cm³/mol. The van der Waals surface area contributed by atoms with Crippen LogP contribution in [0, 0.1) is 6.92 Å². The number of thiol groups is 1. The van der Waals surface area contributed by atoms with Crippen molar-refractivity contribution >= 4 is 24.8 Å². The third-order valence-electron chi connectivity index (χ3n) is 3.95. The van der Waals surface area contributed by atoms with E-state index in [1.165, 1.54) is 0 Å². The van der Waals surface area contributed by atoms with Gasteiger partial charge < -0.3 is 5.32 Å². The maximum absolute atomic E-state index is 12.4. The second kappa shape index (κ2) is 7.74. The number of nitrogens with one attached hydrogen (secondary N) is 1. The van der Waals surface area contributed by atoms with E-state index in [-0.39, 0.29) is 5.41 Å². The fourth-order valence-electron chi connectivity index (χ4n) is 2.29. The van der Waals surface area contributed by atoms with Crippen LogP contribution >= 0.6 is 12.8 Å². The lowest BCUT2D eigenvalue weighted by Crippen LogP contribution is -2.37. The second-order valence-corrected chi connectivity index (χ2v) is 7.49. The van der Waals surface area contributed by atoms with Gasteiger partial charge in [-0.2, -0.15) is 0 Å². The molecule has 2 aromatic rings. The molecule has 2 aromatic carbocycles. The summed E-state index contributed by atoms with van der Waals surface area (Å²) in [6.45, 7) is 8.65. The zero-order valence-corrected chi connectivity index (χ0v) is 15.9. The van der Waals surface area contributed by atoms with Crippen molar-refractivity contribution in [1.29, 1.82) is 0 Å². The number of rotatable bonds is 3. The van der Waals surface area contributed by atoms with Gasteiger partial charge in [0, 0.05) is 12.1 Å². The molecule has 4 nitrogen and oxygen atoms in total. The van der Waals surface area contributed by atoms with E-state index in [2.05, 4.69) is 38.9 Å². The third-order valence-corrected chi connectivity index (χ3v) is 4.31. The van der Waals surface area contributed by atoms with Crippen molar-refractivity contribution in [3.05, 3.63) is 70.8 Å². The summed E-state index contributed by atoms with van der Waals surface area (Å²) in [4.78, 5) is 24.5. The van der Waals surface area contributed by atoms with Gasteiger partial charge in [0.1, 0.15) is 0 Å². The minimum Gasteiger partial charge on any atom is -0.333 e. The van der Waals surface area contributed by atoms with Crippen LogP contribution in [0.25, 0.3) is 0 Å². The van der Waals surface area contributed by atoms with Crippen LogP contribution in [0.5, 0.6) is 0 Å². The van der Waals surface area contributed by atoms with E-state index in [0.717, 1.165) is 21.0 Å². The summed E-state index contributed by atoms with van der Waals surface area (Å²) >= 11 is 4.05. The molecule has 0 saturated carbocycles. The van der Waals surface area contributed by atoms with Gasteiger partial charge in [-0.15, -0.1) is 0 Å². The number of benzene rings is 2. The molecule has 0 aliphatic heterocycles. The van der Waals surface area contributed by atoms with Crippen LogP contribution in [0.3, 0.4) is 0 Å². The summed E-state index contributed by atoms with van der Waals surface area (Å²) in [5.41, 5.74) is 3.67. The zero-order chi connectivity index (χ0) is 18.6. The Bertz CT molecular complexity index is 747. The molecule has 0 radical (unpaired) electrons. The van der Waals surface area contributed by atoms with Crippen LogP contribution in [0.15, 0.2) is 48.5 Å². The highest BCUT2D eigenvalue weighted by Crippen LogP contribution is 2.22. The van der Waals surface area contributed by atoms with E-state index in [4.69, 9.17) is 0 Å². The lowest BCUT2D eigenvalue weighted by molar-refractivity contribution is 0.0895. The number of nitrogens with zero attached hydrogens (tertiary/aromatic N) is 1. The van der Waals surface area contributed by atoms with Gasteiger partial charge in [-0.3, -0.25) is 4.79 Å². The predicted octanol–water partition coefficient (Wildman–Crippen LogP) is 4.49. The fourth-order valence-corrected chi connectivity index (χ4v) is 2.47. The van der Waals surface area contributed by atoms with Gasteiger partial charge in [0.2, 0.25) is 0 Å². The number of amides is 3. The van der Waals surface area contributed by atoms with Crippen molar-refractivity contribution in [2.75, 3.05) is 0 Å². The summed E-state index contributed by atoms with van der Waals surface area (Å²) in [5, 5.41) is 2.69. The highest BCUT2D eigenvalue weighted by molar-refractivity contribution is 7.79. The molecule has 1 N–H and O–H groups in total. The quantitative estimate of drug-likeness (QED) is 0.796. The van der Waals surface area contributed by atoms with Crippen molar-refractivity contribution in [1.82, 2.24) is 9.62 Å². The van der Waals surface area contributed by atoms with Crippen LogP contribution in [0.2, 0.25) is 0 Å². The summed E-state index contributed by atoms with van der Waals surface area (Å²) in [6.07, 6.45) is 0. The van der Waals surface area contributed by atoms with Gasteiger partial charge in [-0.05, 0) is 35.6 Å². The van der Waals surface area contributed by atoms with Crippen LogP contribution in [-0.4, -0.2) is 16.2 Å². The van der Waals surface area contributed by atoms with E-state index in [1.54, 1.807) is 12.1 Å². The minimum absolute atomic E-state index is 0.00758. The normalized spacial score (nSPS) is 11.1. The molecular formula is C20H24N2O2S. The molecule has 0 atom stereocenters. The number of hydrogen-bond acceptors (Lipinski definition) is 3. The molecule has 25 heavy (non-hydrogen) atoms. The van der Waals surface area contributed by atoms with Crippen LogP contribution < -0.4 is 5.32 Å². The molecule has 132 valence electrons. The van der Waals surface area contributed by atoms with Crippen molar-refractivity contribution in [3.8, 4) is 0 Å². The number of imide groups is 1. The van der Waals surface area contributed by atoms with Gasteiger partial charge in [0.15, 0.2) is 0 Å². The summed E-state index contributed by atoms with van der Waals surface area (Å²) in [5.74, 6) is -0.454. The van der Waals surface area contributed by atoms with Gasteiger partial charge in [0.05, 0.1) is 0 Å². The SMILES string of the molecule is Cc1ccc(CNC(=O)N(S)C(=O)c2ccc(C(C)(C)C)cc2)cc1. The molecule has 0 aliphatic rings. The van der Waals surface area contributed by atoms with E-state index >= 15 is 0 Å². The van der Waals surface area contributed by atoms with E-state index in [0.29, 0.717) is 12.1 Å². The van der Waals surface area contributed by atoms with Crippen LogP contribution in [0.1, 0.15) is 47.8 Å². The van der Waals surface area contributed by atoms with Crippen molar-refractivity contribution in [3.63, 3.8) is 0 Å². The minimum atomic E-state index is -0.547. The number of carbonyl (C=O) groups excluding carboxylic acids is 2. The number of urea groups is 1. The van der Waals surface area contributed by atoms with Crippen molar-refractivity contribution in [2.45, 2.75) is 39.7 Å². The van der Waals surface area contributed by atoms with Crippen LogP contribution in [-0.2, 0) is 12.0 Å². The Hall–Kier alpha value is -2.27. The van der Waals surface area contributed by atoms with Gasteiger partial charge >= 0.3 is 6.03 Å². The third kappa shape index (κ3) is 5.10. The molecule has 0 heterocycles. The van der Waals surface area contributed by atoms with Crippen molar-refractivity contribution in [2.24, 2.45) is 0 Å². The molecule has 0 spiro atoms. The Labute approximate surface area is 154 Å². The number of hydrogen-bond donors (Lipinski definition) is 2. The van der Waals surface area contributed by atoms with Crippen molar-refractivity contribution < 1.29 is 9.59 Å². The first-order valence-corrected chi connectivity index (χ1v) is 8.56. The monoisotopic (exact) mass is 356 g/mol. The second-order valence-electron chi connectivity index (χ2n) is 7.09. The molecule has 0 unspecified atom stereocenters. The Morgan fingerprint density at radius 3 is 2.08 bits per heavy atom. The van der Waals surface area contributed by atoms with Crippen LogP contribution in [0.4, 0.5) is 4.79 Å². The lowest BCUT2D eigenvalue weighted by Gasteiger charge is -2.20. The summed E-state index contributed by atoms with van der Waals surface area (Å²) < 4.78 is 0.806. The molecule has 0 bridgehead atoms. The molecule has 5 heteroatoms. The Balaban J connectivity index is 1.98. The molecule has 2 rings (SSSR count). The topological polar surface area (TPSA) is 49.4 Å². The first kappa shape index (κ1) is 19.1. The molecule has 0 aliphatic carbocycles. The maximum atomic E-state index is 12.4. The lowest BCUT2D eigenvalue weighted by atomic mass is 9.87. The zero-order valence-electron chi connectivity index (χ0n) is 15.0. The summed E-state index contributed by atoms with van der Waals surface area (Å²) in [6, 6.07) is 14.5. The highest BCUT2D eigenvalue weighted by Gasteiger charge is 2.20. The largest absolute Gasteiger partial charge is 0.334 e. The smallest absolute Gasteiger partial charge is 0.333 e. The summed E-state index contributed by atoms with van der Waals surface area (Å²) in [7, 11) is 0. The number of aryl methyl sites for hydroxylation is 1. The van der Waals surface area contributed by atoms with Gasteiger partial charge in [-0.1, -0.05) is 75.5 Å². The molecule has 0 aromatic heterocycles. The van der Waals surface area contributed by atoms with E-state index < -0.39 is 11.9 Å². The first-order chi connectivity index (χ1) is 11.7.